The van der Waals surface area contributed by atoms with E-state index in [1.165, 1.54) is 19.1 Å². The number of rotatable bonds is 6. The second-order valence-electron chi connectivity index (χ2n) is 10.1. The van der Waals surface area contributed by atoms with Gasteiger partial charge in [-0.25, -0.2) is 9.18 Å². The molecule has 2 heterocycles. The third-order valence-electron chi connectivity index (χ3n) is 6.61. The van der Waals surface area contributed by atoms with Crippen molar-refractivity contribution in [1.82, 2.24) is 9.80 Å². The second-order valence-corrected chi connectivity index (χ2v) is 10.1. The highest BCUT2D eigenvalue weighted by Crippen LogP contribution is 2.39. The largest absolute Gasteiger partial charge is 0.493 e. The van der Waals surface area contributed by atoms with Gasteiger partial charge in [-0.05, 0) is 48.1 Å². The zero-order chi connectivity index (χ0) is 26.2. The van der Waals surface area contributed by atoms with Gasteiger partial charge in [-0.3, -0.25) is 10.2 Å². The van der Waals surface area contributed by atoms with E-state index in [9.17, 15) is 9.59 Å². The van der Waals surface area contributed by atoms with Crippen LogP contribution in [0.1, 0.15) is 60.7 Å². The lowest BCUT2D eigenvalue weighted by molar-refractivity contribution is 0.0962. The summed E-state index contributed by atoms with van der Waals surface area (Å²) in [5.74, 6) is -0.380. The van der Waals surface area contributed by atoms with Crippen LogP contribution in [0.5, 0.6) is 17.2 Å². The van der Waals surface area contributed by atoms with E-state index in [0.717, 1.165) is 18.4 Å². The molecule has 0 bridgehead atoms. The zero-order valence-electron chi connectivity index (χ0n) is 21.8. The van der Waals surface area contributed by atoms with E-state index in [0.29, 0.717) is 30.0 Å². The Morgan fingerprint density at radius 3 is 2.32 bits per heavy atom. The van der Waals surface area contributed by atoms with Crippen molar-refractivity contribution in [3.63, 3.8) is 0 Å². The Morgan fingerprint density at radius 2 is 1.73 bits per heavy atom. The number of carbonyl (C=O) groups is 2. The summed E-state index contributed by atoms with van der Waals surface area (Å²) in [5, 5.41) is 8.49. The summed E-state index contributed by atoms with van der Waals surface area (Å²) >= 11 is 0. The number of hydrogen-bond acceptors (Lipinski definition) is 6. The van der Waals surface area contributed by atoms with Gasteiger partial charge in [-0.2, -0.15) is 0 Å². The molecule has 1 fully saturated rings. The van der Waals surface area contributed by atoms with Crippen LogP contribution in [0.4, 0.5) is 9.18 Å². The average molecular weight is 578 g/mol. The number of hydrogen-bond donors (Lipinski definition) is 1. The van der Waals surface area contributed by atoms with E-state index in [4.69, 9.17) is 19.6 Å². The van der Waals surface area contributed by atoms with Crippen LogP contribution in [0.15, 0.2) is 24.3 Å². The topological polar surface area (TPSA) is 92.2 Å². The summed E-state index contributed by atoms with van der Waals surface area (Å²) in [5.41, 5.74) is 1.45. The highest BCUT2D eigenvalue weighted by molar-refractivity contribution is 8.93. The van der Waals surface area contributed by atoms with E-state index in [1.54, 1.807) is 29.2 Å². The Balaban J connectivity index is 0.00000380. The first-order chi connectivity index (χ1) is 17.0. The van der Waals surface area contributed by atoms with Gasteiger partial charge in [0.2, 0.25) is 0 Å². The lowest BCUT2D eigenvalue weighted by atomic mass is 9.85. The van der Waals surface area contributed by atoms with Crippen LogP contribution < -0.4 is 14.2 Å². The summed E-state index contributed by atoms with van der Waals surface area (Å²) in [4.78, 5) is 29.0. The lowest BCUT2D eigenvalue weighted by Gasteiger charge is -2.25. The molecule has 0 aromatic heterocycles. The van der Waals surface area contributed by atoms with Gasteiger partial charge in [0.25, 0.3) is 0 Å². The SMILES string of the molecule is Br.COc1cc2c(c(F)c1OC)C(=N)N(CC(=O)c1ccc(OC(=O)N3CCCC3)c(C(C)(C)C)c1)C2. The van der Waals surface area contributed by atoms with E-state index in [1.807, 2.05) is 20.8 Å². The quantitative estimate of drug-likeness (QED) is 0.466. The number of Topliss-reactive ketones (excluding diaryl/α,β-unsaturated/α-hetero) is 1. The number of ketones is 1. The van der Waals surface area contributed by atoms with Gasteiger partial charge in [0, 0.05) is 30.8 Å². The molecule has 10 heteroatoms. The van der Waals surface area contributed by atoms with Crippen LogP contribution in [-0.2, 0) is 12.0 Å². The van der Waals surface area contributed by atoms with Gasteiger partial charge in [-0.1, -0.05) is 20.8 Å². The predicted octanol–water partition coefficient (Wildman–Crippen LogP) is 5.34. The van der Waals surface area contributed by atoms with Crippen molar-refractivity contribution < 1.29 is 28.2 Å². The summed E-state index contributed by atoms with van der Waals surface area (Å²) in [7, 11) is 2.76. The number of halogens is 2. The van der Waals surface area contributed by atoms with Gasteiger partial charge in [0.1, 0.15) is 11.6 Å². The first-order valence-corrected chi connectivity index (χ1v) is 12.0. The van der Waals surface area contributed by atoms with Crippen molar-refractivity contribution in [3.05, 3.63) is 52.3 Å². The number of fused-ring (bicyclic) bond motifs is 1. The molecule has 37 heavy (non-hydrogen) atoms. The Hall–Kier alpha value is -3.14. The fourth-order valence-corrected chi connectivity index (χ4v) is 4.66. The number of benzene rings is 2. The van der Waals surface area contributed by atoms with Crippen LogP contribution in [0.3, 0.4) is 0 Å². The van der Waals surface area contributed by atoms with Gasteiger partial charge in [0.05, 0.1) is 26.3 Å². The third kappa shape index (κ3) is 5.58. The summed E-state index contributed by atoms with van der Waals surface area (Å²) in [6, 6.07) is 6.66. The number of amidine groups is 1. The fourth-order valence-electron chi connectivity index (χ4n) is 4.66. The Morgan fingerprint density at radius 1 is 1.05 bits per heavy atom. The first kappa shape index (κ1) is 28.4. The molecule has 1 saturated heterocycles. The van der Waals surface area contributed by atoms with E-state index < -0.39 is 5.82 Å². The summed E-state index contributed by atoms with van der Waals surface area (Å²) < 4.78 is 31.1. The number of likely N-dealkylation sites (tertiary alicyclic amines) is 1. The van der Waals surface area contributed by atoms with Crippen LogP contribution in [0, 0.1) is 11.2 Å². The molecule has 0 aliphatic carbocycles. The Bertz CT molecular complexity index is 1220. The molecule has 2 aliphatic rings. The smallest absolute Gasteiger partial charge is 0.415 e. The maximum atomic E-state index is 15.0. The molecule has 2 aromatic carbocycles. The first-order valence-electron chi connectivity index (χ1n) is 12.0. The van der Waals surface area contributed by atoms with Gasteiger partial charge >= 0.3 is 6.09 Å². The molecular formula is C27H33BrFN3O5. The van der Waals surface area contributed by atoms with Crippen molar-refractivity contribution in [1.29, 1.82) is 5.41 Å². The van der Waals surface area contributed by atoms with Gasteiger partial charge in [0.15, 0.2) is 23.1 Å². The Labute approximate surface area is 226 Å². The minimum absolute atomic E-state index is 0. The predicted molar refractivity (Wildman–Crippen MR) is 143 cm³/mol. The molecule has 0 atom stereocenters. The number of amides is 1. The van der Waals surface area contributed by atoms with Crippen LogP contribution in [0.2, 0.25) is 0 Å². The molecule has 1 N–H and O–H groups in total. The minimum atomic E-state index is -0.675. The second kappa shape index (κ2) is 11.1. The molecule has 1 amide bonds. The normalized spacial score (nSPS) is 14.8. The van der Waals surface area contributed by atoms with Crippen LogP contribution in [0.25, 0.3) is 0 Å². The van der Waals surface area contributed by atoms with Crippen molar-refractivity contribution in [3.8, 4) is 17.2 Å². The fraction of sp³-hybridized carbons (Fsp3) is 0.444. The van der Waals surface area contributed by atoms with Crippen molar-refractivity contribution in [2.24, 2.45) is 0 Å². The third-order valence-corrected chi connectivity index (χ3v) is 6.61. The number of nitrogens with one attached hydrogen (secondary N) is 1. The molecule has 200 valence electrons. The lowest BCUT2D eigenvalue weighted by Crippen LogP contribution is -2.32. The number of methoxy groups -OCH3 is 2. The van der Waals surface area contributed by atoms with Gasteiger partial charge < -0.3 is 24.0 Å². The molecule has 2 aliphatic heterocycles. The van der Waals surface area contributed by atoms with E-state index >= 15 is 4.39 Å². The summed E-state index contributed by atoms with van der Waals surface area (Å²) in [6.07, 6.45) is 1.55. The van der Waals surface area contributed by atoms with E-state index in [-0.39, 0.29) is 70.3 Å². The molecular weight excluding hydrogens is 545 g/mol. The zero-order valence-corrected chi connectivity index (χ0v) is 23.5. The molecule has 0 spiro atoms. The van der Waals surface area contributed by atoms with Gasteiger partial charge in [-0.15, -0.1) is 17.0 Å². The van der Waals surface area contributed by atoms with Crippen molar-refractivity contribution in [2.45, 2.75) is 45.6 Å². The van der Waals surface area contributed by atoms with Crippen LogP contribution in [-0.4, -0.2) is 61.4 Å². The Kier molecular flexibility index (Phi) is 8.52. The average Bonchev–Trinajstić information content (AvgIpc) is 3.47. The number of carbonyl (C=O) groups excluding carboxylic acids is 2. The molecule has 0 unspecified atom stereocenters. The minimum Gasteiger partial charge on any atom is -0.493 e. The number of ether oxygens (including phenoxy) is 3. The molecule has 2 aromatic rings. The maximum Gasteiger partial charge on any atom is 0.415 e. The monoisotopic (exact) mass is 577 g/mol. The highest BCUT2D eigenvalue weighted by atomic mass is 79.9. The van der Waals surface area contributed by atoms with E-state index in [2.05, 4.69) is 0 Å². The standard InChI is InChI=1S/C27H32FN3O5.BrH/c1-27(2,3)18-12-16(8-9-20(18)36-26(33)30-10-6-7-11-30)19(32)15-31-14-17-13-21(34-4)24(35-5)23(28)22(17)25(31)29;/h8-9,12-13,29H,6-7,10-11,14-15H2,1-5H3;1H. The molecule has 0 radical (unpaired) electrons. The molecule has 0 saturated carbocycles. The molecule has 8 nitrogen and oxygen atoms in total. The van der Waals surface area contributed by atoms with Crippen LogP contribution >= 0.6 is 17.0 Å². The molecule has 4 rings (SSSR count). The van der Waals surface area contributed by atoms with Crippen molar-refractivity contribution >= 4 is 34.7 Å². The summed E-state index contributed by atoms with van der Waals surface area (Å²) in [6.45, 7) is 7.43. The van der Waals surface area contributed by atoms with Crippen molar-refractivity contribution in [2.75, 3.05) is 33.9 Å². The highest BCUT2D eigenvalue weighted by Gasteiger charge is 2.33. The maximum absolute atomic E-state index is 15.0. The number of nitrogens with zero attached hydrogens (tertiary/aromatic N) is 2.